The molecule has 5 nitrogen and oxygen atoms in total. The van der Waals surface area contributed by atoms with Crippen LogP contribution in [0.2, 0.25) is 0 Å². The molecule has 0 saturated heterocycles. The SMILES string of the molecule is CCOC(=O)c1cnn(-c2ccc([C@H](C)O)c(Br)c2)c1. The van der Waals surface area contributed by atoms with Crippen molar-refractivity contribution in [3.05, 3.63) is 46.2 Å². The first-order chi connectivity index (χ1) is 9.52. The molecule has 0 bridgehead atoms. The third kappa shape index (κ3) is 3.08. The van der Waals surface area contributed by atoms with Crippen LogP contribution in [0, 0.1) is 0 Å². The summed E-state index contributed by atoms with van der Waals surface area (Å²) in [6, 6.07) is 5.48. The summed E-state index contributed by atoms with van der Waals surface area (Å²) < 4.78 is 7.29. The first-order valence-electron chi connectivity index (χ1n) is 6.22. The first kappa shape index (κ1) is 14.7. The highest BCUT2D eigenvalue weighted by Crippen LogP contribution is 2.25. The number of hydrogen-bond donors (Lipinski definition) is 1. The van der Waals surface area contributed by atoms with Gasteiger partial charge in [0.25, 0.3) is 0 Å². The minimum absolute atomic E-state index is 0.332. The van der Waals surface area contributed by atoms with Crippen molar-refractivity contribution >= 4 is 21.9 Å². The van der Waals surface area contributed by atoms with Gasteiger partial charge in [0.05, 0.1) is 30.2 Å². The minimum atomic E-state index is -0.550. The van der Waals surface area contributed by atoms with E-state index >= 15 is 0 Å². The lowest BCUT2D eigenvalue weighted by molar-refractivity contribution is 0.0526. The number of carbonyl (C=O) groups excluding carboxylic acids is 1. The smallest absolute Gasteiger partial charge is 0.341 e. The van der Waals surface area contributed by atoms with Crippen molar-refractivity contribution < 1.29 is 14.6 Å². The van der Waals surface area contributed by atoms with Gasteiger partial charge in [-0.25, -0.2) is 9.48 Å². The molecule has 0 aliphatic carbocycles. The number of ether oxygens (including phenoxy) is 1. The molecule has 1 N–H and O–H groups in total. The number of aliphatic hydroxyl groups excluding tert-OH is 1. The van der Waals surface area contributed by atoms with Crippen molar-refractivity contribution in [3.8, 4) is 5.69 Å². The quantitative estimate of drug-likeness (QED) is 0.870. The van der Waals surface area contributed by atoms with Crippen molar-refractivity contribution in [2.24, 2.45) is 0 Å². The normalized spacial score (nSPS) is 12.2. The minimum Gasteiger partial charge on any atom is -0.462 e. The summed E-state index contributed by atoms with van der Waals surface area (Å²) in [6.45, 7) is 3.79. The van der Waals surface area contributed by atoms with Gasteiger partial charge in [0.15, 0.2) is 0 Å². The highest BCUT2D eigenvalue weighted by Gasteiger charge is 2.12. The van der Waals surface area contributed by atoms with E-state index in [4.69, 9.17) is 4.74 Å². The Balaban J connectivity index is 2.28. The van der Waals surface area contributed by atoms with Crippen LogP contribution in [0.1, 0.15) is 35.9 Å². The largest absolute Gasteiger partial charge is 0.462 e. The van der Waals surface area contributed by atoms with Gasteiger partial charge in [-0.15, -0.1) is 0 Å². The average Bonchev–Trinajstić information content (AvgIpc) is 2.88. The summed E-state index contributed by atoms with van der Waals surface area (Å²) in [5, 5.41) is 13.7. The molecule has 2 rings (SSSR count). The van der Waals surface area contributed by atoms with Crippen LogP contribution in [0.25, 0.3) is 5.69 Å². The van der Waals surface area contributed by atoms with Gasteiger partial charge < -0.3 is 9.84 Å². The number of esters is 1. The topological polar surface area (TPSA) is 64.3 Å². The summed E-state index contributed by atoms with van der Waals surface area (Å²) in [7, 11) is 0. The van der Waals surface area contributed by atoms with E-state index in [9.17, 15) is 9.90 Å². The Morgan fingerprint density at radius 1 is 1.55 bits per heavy atom. The maximum atomic E-state index is 11.6. The van der Waals surface area contributed by atoms with E-state index in [0.29, 0.717) is 12.2 Å². The van der Waals surface area contributed by atoms with E-state index in [-0.39, 0.29) is 0 Å². The van der Waals surface area contributed by atoms with E-state index in [1.165, 1.54) is 6.20 Å². The number of hydrogen-bond acceptors (Lipinski definition) is 4. The summed E-state index contributed by atoms with van der Waals surface area (Å²) in [6.07, 6.45) is 2.53. The predicted octanol–water partition coefficient (Wildman–Crippen LogP) is 2.86. The zero-order valence-electron chi connectivity index (χ0n) is 11.2. The van der Waals surface area contributed by atoms with E-state index in [1.807, 2.05) is 18.2 Å². The number of aliphatic hydroxyl groups is 1. The van der Waals surface area contributed by atoms with E-state index < -0.39 is 12.1 Å². The van der Waals surface area contributed by atoms with Crippen molar-refractivity contribution in [2.75, 3.05) is 6.61 Å². The monoisotopic (exact) mass is 338 g/mol. The second-order valence-corrected chi connectivity index (χ2v) is 5.13. The number of benzene rings is 1. The fourth-order valence-corrected chi connectivity index (χ4v) is 2.48. The molecule has 0 radical (unpaired) electrons. The number of halogens is 1. The molecule has 106 valence electrons. The van der Waals surface area contributed by atoms with Crippen LogP contribution >= 0.6 is 15.9 Å². The summed E-state index contributed by atoms with van der Waals surface area (Å²) in [5.74, 6) is -0.390. The van der Waals surface area contributed by atoms with Gasteiger partial charge in [-0.05, 0) is 31.5 Å². The summed E-state index contributed by atoms with van der Waals surface area (Å²) >= 11 is 3.41. The highest BCUT2D eigenvalue weighted by atomic mass is 79.9. The highest BCUT2D eigenvalue weighted by molar-refractivity contribution is 9.10. The molecule has 2 aromatic rings. The Kier molecular flexibility index (Phi) is 4.57. The van der Waals surface area contributed by atoms with Gasteiger partial charge in [-0.3, -0.25) is 0 Å². The summed E-state index contributed by atoms with van der Waals surface area (Å²) in [4.78, 5) is 11.6. The van der Waals surface area contributed by atoms with Crippen LogP contribution in [0.15, 0.2) is 35.1 Å². The molecular formula is C14H15BrN2O3. The maximum Gasteiger partial charge on any atom is 0.341 e. The molecule has 1 aromatic heterocycles. The van der Waals surface area contributed by atoms with Crippen molar-refractivity contribution in [2.45, 2.75) is 20.0 Å². The Morgan fingerprint density at radius 2 is 2.30 bits per heavy atom. The maximum absolute atomic E-state index is 11.6. The molecule has 6 heteroatoms. The van der Waals surface area contributed by atoms with Crippen molar-refractivity contribution in [1.82, 2.24) is 9.78 Å². The second kappa shape index (κ2) is 6.19. The van der Waals surface area contributed by atoms with E-state index in [1.54, 1.807) is 24.7 Å². The molecule has 20 heavy (non-hydrogen) atoms. The van der Waals surface area contributed by atoms with Crippen molar-refractivity contribution in [3.63, 3.8) is 0 Å². The number of carbonyl (C=O) groups is 1. The van der Waals surface area contributed by atoms with Crippen LogP contribution in [0.4, 0.5) is 0 Å². The standard InChI is InChI=1S/C14H15BrN2O3/c1-3-20-14(19)10-7-16-17(8-10)11-4-5-12(9(2)18)13(15)6-11/h4-9,18H,3H2,1-2H3/t9-/m0/s1. The molecule has 0 fully saturated rings. The molecule has 0 amide bonds. The van der Waals surface area contributed by atoms with Gasteiger partial charge in [-0.1, -0.05) is 22.0 Å². The second-order valence-electron chi connectivity index (χ2n) is 4.28. The van der Waals surface area contributed by atoms with E-state index in [0.717, 1.165) is 15.7 Å². The summed E-state index contributed by atoms with van der Waals surface area (Å²) in [5.41, 5.74) is 1.99. The third-order valence-corrected chi connectivity index (χ3v) is 3.48. The lowest BCUT2D eigenvalue weighted by Crippen LogP contribution is -2.03. The average molecular weight is 339 g/mol. The van der Waals surface area contributed by atoms with Gasteiger partial charge >= 0.3 is 5.97 Å². The fourth-order valence-electron chi connectivity index (χ4n) is 1.78. The number of nitrogens with zero attached hydrogens (tertiary/aromatic N) is 2. The predicted molar refractivity (Wildman–Crippen MR) is 77.9 cm³/mol. The molecule has 1 heterocycles. The third-order valence-electron chi connectivity index (χ3n) is 2.79. The van der Waals surface area contributed by atoms with Gasteiger partial charge in [0.1, 0.15) is 0 Å². The molecule has 0 aliphatic rings. The van der Waals surface area contributed by atoms with Crippen LogP contribution in [0.5, 0.6) is 0 Å². The lowest BCUT2D eigenvalue weighted by Gasteiger charge is -2.09. The van der Waals surface area contributed by atoms with E-state index in [2.05, 4.69) is 21.0 Å². The van der Waals surface area contributed by atoms with Gasteiger partial charge in [0.2, 0.25) is 0 Å². The lowest BCUT2D eigenvalue weighted by atomic mass is 10.1. The zero-order valence-corrected chi connectivity index (χ0v) is 12.8. The number of rotatable bonds is 4. The van der Waals surface area contributed by atoms with Crippen LogP contribution in [0.3, 0.4) is 0 Å². The van der Waals surface area contributed by atoms with Gasteiger partial charge in [0, 0.05) is 10.7 Å². The van der Waals surface area contributed by atoms with Crippen molar-refractivity contribution in [1.29, 1.82) is 0 Å². The zero-order chi connectivity index (χ0) is 14.7. The molecule has 1 aromatic carbocycles. The molecule has 1 atom stereocenters. The van der Waals surface area contributed by atoms with Gasteiger partial charge in [-0.2, -0.15) is 5.10 Å². The molecule has 0 aliphatic heterocycles. The molecule has 0 spiro atoms. The van der Waals surface area contributed by atoms with Crippen LogP contribution in [-0.2, 0) is 4.74 Å². The fraction of sp³-hybridized carbons (Fsp3) is 0.286. The van der Waals surface area contributed by atoms with Crippen LogP contribution in [-0.4, -0.2) is 27.5 Å². The Bertz CT molecular complexity index is 623. The molecular weight excluding hydrogens is 324 g/mol. The molecule has 0 saturated carbocycles. The Hall–Kier alpha value is -1.66. The molecule has 0 unspecified atom stereocenters. The number of aromatic nitrogens is 2. The Labute approximate surface area is 125 Å². The van der Waals surface area contributed by atoms with Crippen LogP contribution < -0.4 is 0 Å². The first-order valence-corrected chi connectivity index (χ1v) is 7.02. The Morgan fingerprint density at radius 3 is 2.90 bits per heavy atom.